The highest BCUT2D eigenvalue weighted by Crippen LogP contribution is 2.27. The number of phenolic OH excluding ortho intramolecular Hbond substituents is 2. The Morgan fingerprint density at radius 2 is 2.00 bits per heavy atom. The maximum Gasteiger partial charge on any atom is 0.183 e. The number of likely N-dealkylation sites (N-methyl/N-ethyl adjacent to an activating group) is 1. The number of benzene rings is 1. The first kappa shape index (κ1) is 10.5. The minimum atomic E-state index is -1.09. The van der Waals surface area contributed by atoms with E-state index in [-0.39, 0.29) is 6.54 Å². The lowest BCUT2D eigenvalue weighted by Gasteiger charge is -2.05. The molecule has 0 spiro atoms. The lowest BCUT2D eigenvalue weighted by Crippen LogP contribution is -2.19. The fourth-order valence-corrected chi connectivity index (χ4v) is 1.07. The summed E-state index contributed by atoms with van der Waals surface area (Å²) in [5.41, 5.74) is -0.487. The fraction of sp³-hybridized carbons (Fsp3) is 0.222. The predicted octanol–water partition coefficient (Wildman–Crippen LogP) is 0.639. The van der Waals surface area contributed by atoms with Crippen LogP contribution in [0.15, 0.2) is 12.1 Å². The van der Waals surface area contributed by atoms with E-state index in [1.54, 1.807) is 0 Å². The highest BCUT2D eigenvalue weighted by Gasteiger charge is 2.18. The summed E-state index contributed by atoms with van der Waals surface area (Å²) >= 11 is 0. The Labute approximate surface area is 80.0 Å². The van der Waals surface area contributed by atoms with Gasteiger partial charge in [0.1, 0.15) is 11.3 Å². The fourth-order valence-electron chi connectivity index (χ4n) is 1.07. The molecular weight excluding hydrogens is 189 g/mol. The lowest BCUT2D eigenvalue weighted by molar-refractivity contribution is 0.0986. The van der Waals surface area contributed by atoms with Crippen molar-refractivity contribution in [1.82, 2.24) is 5.32 Å². The van der Waals surface area contributed by atoms with E-state index in [0.717, 1.165) is 12.1 Å². The molecule has 3 N–H and O–H groups in total. The molecular formula is C9H10FNO3. The van der Waals surface area contributed by atoms with Gasteiger partial charge in [-0.05, 0) is 19.2 Å². The molecule has 0 radical (unpaired) electrons. The summed E-state index contributed by atoms with van der Waals surface area (Å²) in [6.45, 7) is -0.103. The Morgan fingerprint density at radius 1 is 1.43 bits per heavy atom. The molecule has 0 fully saturated rings. The molecule has 1 aromatic rings. The Bertz CT molecular complexity index is 365. The van der Waals surface area contributed by atoms with Crippen molar-refractivity contribution in [3.05, 3.63) is 23.5 Å². The molecule has 0 saturated carbocycles. The number of carbonyl (C=O) groups excluding carboxylic acids is 1. The van der Waals surface area contributed by atoms with Gasteiger partial charge in [-0.1, -0.05) is 0 Å². The van der Waals surface area contributed by atoms with Gasteiger partial charge in [-0.3, -0.25) is 4.79 Å². The molecule has 1 rings (SSSR count). The van der Waals surface area contributed by atoms with E-state index in [0.29, 0.717) is 0 Å². The van der Waals surface area contributed by atoms with Crippen molar-refractivity contribution in [2.45, 2.75) is 0 Å². The molecule has 0 amide bonds. The van der Waals surface area contributed by atoms with Crippen molar-refractivity contribution < 1.29 is 19.4 Å². The summed E-state index contributed by atoms with van der Waals surface area (Å²) in [6, 6.07) is 2.06. The summed E-state index contributed by atoms with van der Waals surface area (Å²) < 4.78 is 13.2. The van der Waals surface area contributed by atoms with Crippen molar-refractivity contribution in [3.8, 4) is 11.5 Å². The summed E-state index contributed by atoms with van der Waals surface area (Å²) in [7, 11) is 1.52. The largest absolute Gasteiger partial charge is 0.507 e. The van der Waals surface area contributed by atoms with Gasteiger partial charge in [0.25, 0.3) is 0 Å². The van der Waals surface area contributed by atoms with Crippen molar-refractivity contribution in [3.63, 3.8) is 0 Å². The second-order valence-electron chi connectivity index (χ2n) is 2.75. The van der Waals surface area contributed by atoms with Crippen LogP contribution in [0, 0.1) is 5.82 Å². The zero-order valence-corrected chi connectivity index (χ0v) is 7.54. The number of halogens is 1. The normalized spacial score (nSPS) is 10.1. The van der Waals surface area contributed by atoms with Crippen LogP contribution in [0.25, 0.3) is 0 Å². The van der Waals surface area contributed by atoms with Crippen LogP contribution in [0.3, 0.4) is 0 Å². The maximum atomic E-state index is 13.2. The van der Waals surface area contributed by atoms with Gasteiger partial charge in [0.15, 0.2) is 17.3 Å². The van der Waals surface area contributed by atoms with E-state index in [1.165, 1.54) is 7.05 Å². The monoisotopic (exact) mass is 199 g/mol. The molecule has 76 valence electrons. The molecule has 0 heterocycles. The van der Waals surface area contributed by atoms with E-state index in [2.05, 4.69) is 5.32 Å². The molecule has 0 unspecified atom stereocenters. The van der Waals surface area contributed by atoms with Crippen molar-refractivity contribution in [2.24, 2.45) is 0 Å². The van der Waals surface area contributed by atoms with Crippen LogP contribution in [0.4, 0.5) is 4.39 Å². The van der Waals surface area contributed by atoms with Crippen LogP contribution in [0.2, 0.25) is 0 Å². The van der Waals surface area contributed by atoms with Crippen LogP contribution in [0.5, 0.6) is 11.5 Å². The molecule has 0 aliphatic carbocycles. The van der Waals surface area contributed by atoms with Gasteiger partial charge in [-0.2, -0.15) is 0 Å². The Kier molecular flexibility index (Phi) is 3.03. The molecule has 0 aliphatic rings. The molecule has 14 heavy (non-hydrogen) atoms. The van der Waals surface area contributed by atoms with Crippen LogP contribution < -0.4 is 5.32 Å². The minimum Gasteiger partial charge on any atom is -0.507 e. The molecule has 1 aromatic carbocycles. The predicted molar refractivity (Wildman–Crippen MR) is 48.0 cm³/mol. The molecule has 0 saturated heterocycles. The number of carbonyl (C=O) groups is 1. The average Bonchev–Trinajstić information content (AvgIpc) is 2.13. The van der Waals surface area contributed by atoms with Crippen LogP contribution in [-0.2, 0) is 0 Å². The minimum absolute atomic E-state index is 0.103. The quantitative estimate of drug-likeness (QED) is 0.493. The van der Waals surface area contributed by atoms with E-state index in [1.807, 2.05) is 0 Å². The number of rotatable bonds is 3. The number of Topliss-reactive ketones (excluding diaryl/α,β-unsaturated/α-hetero) is 1. The molecule has 4 nitrogen and oxygen atoms in total. The van der Waals surface area contributed by atoms with Crippen LogP contribution in [-0.4, -0.2) is 29.6 Å². The first-order valence-electron chi connectivity index (χ1n) is 3.96. The SMILES string of the molecule is CNCC(=O)c1c(O)ccc(O)c1F. The highest BCUT2D eigenvalue weighted by atomic mass is 19.1. The number of nitrogens with one attached hydrogen (secondary N) is 1. The second kappa shape index (κ2) is 4.06. The third kappa shape index (κ3) is 1.82. The third-order valence-electron chi connectivity index (χ3n) is 1.72. The van der Waals surface area contributed by atoms with Gasteiger partial charge in [0, 0.05) is 0 Å². The van der Waals surface area contributed by atoms with Gasteiger partial charge in [-0.25, -0.2) is 4.39 Å². The maximum absolute atomic E-state index is 13.2. The highest BCUT2D eigenvalue weighted by molar-refractivity contribution is 6.00. The third-order valence-corrected chi connectivity index (χ3v) is 1.72. The molecule has 0 aliphatic heterocycles. The summed E-state index contributed by atoms with van der Waals surface area (Å²) in [5.74, 6) is -2.83. The van der Waals surface area contributed by atoms with E-state index < -0.39 is 28.7 Å². The number of hydrogen-bond donors (Lipinski definition) is 3. The Balaban J connectivity index is 3.18. The van der Waals surface area contributed by atoms with Gasteiger partial charge in [0.05, 0.1) is 6.54 Å². The van der Waals surface area contributed by atoms with Gasteiger partial charge in [0.2, 0.25) is 0 Å². The summed E-state index contributed by atoms with van der Waals surface area (Å²) in [6.07, 6.45) is 0. The van der Waals surface area contributed by atoms with Crippen molar-refractivity contribution in [2.75, 3.05) is 13.6 Å². The van der Waals surface area contributed by atoms with Gasteiger partial charge in [-0.15, -0.1) is 0 Å². The van der Waals surface area contributed by atoms with Gasteiger partial charge >= 0.3 is 0 Å². The first-order valence-corrected chi connectivity index (χ1v) is 3.96. The summed E-state index contributed by atoms with van der Waals surface area (Å²) in [4.78, 5) is 11.3. The number of hydrogen-bond acceptors (Lipinski definition) is 4. The zero-order valence-electron chi connectivity index (χ0n) is 7.54. The number of ketones is 1. The lowest BCUT2D eigenvalue weighted by atomic mass is 10.1. The molecule has 5 heteroatoms. The topological polar surface area (TPSA) is 69.6 Å². The smallest absolute Gasteiger partial charge is 0.183 e. The number of phenols is 2. The Morgan fingerprint density at radius 3 is 2.57 bits per heavy atom. The van der Waals surface area contributed by atoms with Gasteiger partial charge < -0.3 is 15.5 Å². The van der Waals surface area contributed by atoms with E-state index in [4.69, 9.17) is 5.11 Å². The molecule has 0 atom stereocenters. The second-order valence-corrected chi connectivity index (χ2v) is 2.75. The number of aromatic hydroxyl groups is 2. The van der Waals surface area contributed by atoms with Crippen LogP contribution >= 0.6 is 0 Å². The summed E-state index contributed by atoms with van der Waals surface area (Å²) in [5, 5.41) is 20.7. The van der Waals surface area contributed by atoms with Crippen LogP contribution in [0.1, 0.15) is 10.4 Å². The van der Waals surface area contributed by atoms with Crippen molar-refractivity contribution in [1.29, 1.82) is 0 Å². The molecule has 0 bridgehead atoms. The van der Waals surface area contributed by atoms with E-state index in [9.17, 15) is 14.3 Å². The molecule has 0 aromatic heterocycles. The van der Waals surface area contributed by atoms with Crippen molar-refractivity contribution >= 4 is 5.78 Å². The Hall–Kier alpha value is -1.62. The average molecular weight is 199 g/mol. The van der Waals surface area contributed by atoms with E-state index >= 15 is 0 Å². The first-order chi connectivity index (χ1) is 6.57. The zero-order chi connectivity index (χ0) is 10.7. The standard InChI is InChI=1S/C9H10FNO3/c1-11-4-7(14)8-5(12)2-3-6(13)9(8)10/h2-3,11-13H,4H2,1H3.